The van der Waals surface area contributed by atoms with Gasteiger partial charge in [-0.25, -0.2) is 4.79 Å². The van der Waals surface area contributed by atoms with E-state index >= 15 is 0 Å². The minimum atomic E-state index is -1.66. The number of rotatable bonds is 3. The molecule has 2 aromatic rings. The number of carbonyl (C=O) groups excluding carboxylic acids is 1. The number of aliphatic hydroxyl groups is 1. The molecule has 6 nitrogen and oxygen atoms in total. The van der Waals surface area contributed by atoms with Crippen LogP contribution >= 0.6 is 11.6 Å². The van der Waals surface area contributed by atoms with E-state index in [4.69, 9.17) is 30.5 Å². The van der Waals surface area contributed by atoms with Gasteiger partial charge in [-0.1, -0.05) is 23.7 Å². The monoisotopic (exact) mass is 388 g/mol. The van der Waals surface area contributed by atoms with E-state index in [1.165, 1.54) is 0 Å². The highest BCUT2D eigenvalue weighted by atomic mass is 35.5. The van der Waals surface area contributed by atoms with Crippen LogP contribution in [-0.4, -0.2) is 30.9 Å². The molecule has 6 rings (SSSR count). The highest BCUT2D eigenvalue weighted by molar-refractivity contribution is 6.30. The molecule has 0 spiro atoms. The van der Waals surface area contributed by atoms with Crippen molar-refractivity contribution in [1.29, 1.82) is 0 Å². The van der Waals surface area contributed by atoms with Gasteiger partial charge in [0.25, 0.3) is 5.79 Å². The molecule has 2 fully saturated rings. The van der Waals surface area contributed by atoms with E-state index < -0.39 is 29.4 Å². The van der Waals surface area contributed by atoms with Gasteiger partial charge < -0.3 is 24.1 Å². The van der Waals surface area contributed by atoms with Gasteiger partial charge in [0.1, 0.15) is 0 Å². The molecule has 1 aliphatic carbocycles. The second kappa shape index (κ2) is 5.38. The Bertz CT molecular complexity index is 958. The summed E-state index contributed by atoms with van der Waals surface area (Å²) >= 11 is 6.01. The zero-order valence-electron chi connectivity index (χ0n) is 14.7. The standard InChI is InChI=1S/C20H17ClO6/c1-24-14-7-12-13(8-15(14)25-2)17-19(23)9-16(12)26-20(17,27-18(19)22)10-3-5-11(21)6-4-10/h3-8,16-17,23H,9H2,1-2H3/t16-,17-,19-,20-/m1/s1. The number of benzene rings is 2. The first-order valence-electron chi connectivity index (χ1n) is 8.58. The average molecular weight is 389 g/mol. The van der Waals surface area contributed by atoms with Crippen LogP contribution in [0.1, 0.15) is 35.1 Å². The molecule has 3 heterocycles. The molecular formula is C20H17ClO6. The van der Waals surface area contributed by atoms with Crippen LogP contribution in [0, 0.1) is 0 Å². The summed E-state index contributed by atoms with van der Waals surface area (Å²) in [6.45, 7) is 0. The quantitative estimate of drug-likeness (QED) is 0.815. The SMILES string of the molecule is COc1cc2c(cc1OC)[C@H]1[C@@]3(c4ccc(Cl)cc4)OC(=O)[C@@]1(O)C[C@H]2O3. The van der Waals surface area contributed by atoms with E-state index in [2.05, 4.69) is 0 Å². The van der Waals surface area contributed by atoms with Crippen molar-refractivity contribution in [2.45, 2.75) is 29.8 Å². The van der Waals surface area contributed by atoms with Crippen LogP contribution in [0.5, 0.6) is 11.5 Å². The maximum atomic E-state index is 12.7. The van der Waals surface area contributed by atoms with Gasteiger partial charge in [-0.05, 0) is 35.4 Å². The topological polar surface area (TPSA) is 74.2 Å². The molecular weight excluding hydrogens is 372 g/mol. The van der Waals surface area contributed by atoms with Gasteiger partial charge in [0.15, 0.2) is 17.1 Å². The van der Waals surface area contributed by atoms with E-state index in [1.54, 1.807) is 44.6 Å². The molecule has 1 N–H and O–H groups in total. The lowest BCUT2D eigenvalue weighted by Gasteiger charge is -2.50. The lowest BCUT2D eigenvalue weighted by molar-refractivity contribution is -0.277. The number of esters is 1. The van der Waals surface area contributed by atoms with Crippen molar-refractivity contribution in [2.75, 3.05) is 14.2 Å². The highest BCUT2D eigenvalue weighted by Crippen LogP contribution is 2.67. The second-order valence-corrected chi connectivity index (χ2v) is 7.50. The zero-order chi connectivity index (χ0) is 19.0. The third kappa shape index (κ3) is 2.00. The summed E-state index contributed by atoms with van der Waals surface area (Å²) in [6.07, 6.45) is -0.383. The molecule has 140 valence electrons. The maximum absolute atomic E-state index is 12.7. The lowest BCUT2D eigenvalue weighted by atomic mass is 9.64. The fourth-order valence-electron chi connectivity index (χ4n) is 4.60. The van der Waals surface area contributed by atoms with E-state index in [-0.39, 0.29) is 6.42 Å². The summed E-state index contributed by atoms with van der Waals surface area (Å²) in [5.41, 5.74) is 0.602. The van der Waals surface area contributed by atoms with Crippen molar-refractivity contribution in [1.82, 2.24) is 0 Å². The number of hydrogen-bond acceptors (Lipinski definition) is 6. The smallest absolute Gasteiger partial charge is 0.341 e. The fraction of sp³-hybridized carbons (Fsp3) is 0.350. The van der Waals surface area contributed by atoms with Gasteiger partial charge in [0, 0.05) is 17.0 Å². The third-order valence-corrected chi connectivity index (χ3v) is 6.01. The summed E-state index contributed by atoms with van der Waals surface area (Å²) in [5.74, 6) is -1.71. The molecule has 0 radical (unpaired) electrons. The number of methoxy groups -OCH3 is 2. The largest absolute Gasteiger partial charge is 0.493 e. The van der Waals surface area contributed by atoms with Crippen LogP contribution in [-0.2, 0) is 20.1 Å². The first-order chi connectivity index (χ1) is 12.9. The summed E-state index contributed by atoms with van der Waals surface area (Å²) in [6, 6.07) is 10.6. The number of ether oxygens (including phenoxy) is 4. The molecule has 0 saturated carbocycles. The molecule has 27 heavy (non-hydrogen) atoms. The fourth-order valence-corrected chi connectivity index (χ4v) is 4.72. The molecule has 4 atom stereocenters. The summed E-state index contributed by atoms with van der Waals surface area (Å²) in [4.78, 5) is 12.7. The van der Waals surface area contributed by atoms with Gasteiger partial charge in [-0.15, -0.1) is 0 Å². The molecule has 2 saturated heterocycles. The second-order valence-electron chi connectivity index (χ2n) is 7.07. The molecule has 7 heteroatoms. The van der Waals surface area contributed by atoms with Crippen molar-refractivity contribution >= 4 is 17.6 Å². The average Bonchev–Trinajstić information content (AvgIpc) is 2.82. The van der Waals surface area contributed by atoms with E-state index in [9.17, 15) is 9.90 Å². The van der Waals surface area contributed by atoms with Crippen LogP contribution in [0.15, 0.2) is 36.4 Å². The van der Waals surface area contributed by atoms with Crippen molar-refractivity contribution in [2.24, 2.45) is 0 Å². The predicted molar refractivity (Wildman–Crippen MR) is 94.9 cm³/mol. The van der Waals surface area contributed by atoms with Gasteiger partial charge in [0.2, 0.25) is 0 Å². The molecule has 0 unspecified atom stereocenters. The molecule has 4 aliphatic rings. The zero-order valence-corrected chi connectivity index (χ0v) is 15.4. The van der Waals surface area contributed by atoms with Crippen LogP contribution < -0.4 is 9.47 Å². The Morgan fingerprint density at radius 3 is 2.37 bits per heavy atom. The molecule has 0 aromatic heterocycles. The minimum absolute atomic E-state index is 0.133. The van der Waals surface area contributed by atoms with Gasteiger partial charge in [-0.3, -0.25) is 0 Å². The highest BCUT2D eigenvalue weighted by Gasteiger charge is 2.74. The predicted octanol–water partition coefficient (Wildman–Crippen LogP) is 3.06. The first-order valence-corrected chi connectivity index (χ1v) is 8.96. The molecule has 2 aromatic carbocycles. The number of halogens is 1. The maximum Gasteiger partial charge on any atom is 0.341 e. The minimum Gasteiger partial charge on any atom is -0.493 e. The lowest BCUT2D eigenvalue weighted by Crippen LogP contribution is -2.54. The number of carbonyl (C=O) groups is 1. The van der Waals surface area contributed by atoms with Crippen molar-refractivity contribution in [3.05, 3.63) is 58.1 Å². The van der Waals surface area contributed by atoms with Crippen molar-refractivity contribution in [3.8, 4) is 11.5 Å². The Hall–Kier alpha value is -2.28. The van der Waals surface area contributed by atoms with Gasteiger partial charge in [0.05, 0.1) is 26.2 Å². The van der Waals surface area contributed by atoms with E-state index in [0.717, 1.165) is 11.1 Å². The van der Waals surface area contributed by atoms with Gasteiger partial charge in [-0.2, -0.15) is 0 Å². The Labute approximate surface area is 160 Å². The Kier molecular flexibility index (Phi) is 3.36. The Morgan fingerprint density at radius 2 is 1.74 bits per heavy atom. The van der Waals surface area contributed by atoms with Crippen LogP contribution in [0.25, 0.3) is 0 Å². The number of hydrogen-bond donors (Lipinski definition) is 1. The van der Waals surface area contributed by atoms with E-state index in [0.29, 0.717) is 22.1 Å². The Balaban J connectivity index is 1.76. The van der Waals surface area contributed by atoms with Crippen LogP contribution in [0.3, 0.4) is 0 Å². The van der Waals surface area contributed by atoms with Crippen LogP contribution in [0.4, 0.5) is 0 Å². The summed E-state index contributed by atoms with van der Waals surface area (Å²) in [7, 11) is 3.10. The molecule has 0 amide bonds. The first kappa shape index (κ1) is 16.9. The van der Waals surface area contributed by atoms with Crippen LogP contribution in [0.2, 0.25) is 5.02 Å². The summed E-state index contributed by atoms with van der Waals surface area (Å²) in [5, 5.41) is 11.8. The summed E-state index contributed by atoms with van der Waals surface area (Å²) < 4.78 is 22.8. The normalized spacial score (nSPS) is 32.8. The molecule has 4 bridgehead atoms. The third-order valence-electron chi connectivity index (χ3n) is 5.76. The van der Waals surface area contributed by atoms with Crippen molar-refractivity contribution < 1.29 is 28.8 Å². The van der Waals surface area contributed by atoms with E-state index in [1.807, 2.05) is 6.07 Å². The van der Waals surface area contributed by atoms with Crippen molar-refractivity contribution in [3.63, 3.8) is 0 Å². The van der Waals surface area contributed by atoms with Gasteiger partial charge >= 0.3 is 5.97 Å². The molecule has 3 aliphatic heterocycles. The Morgan fingerprint density at radius 1 is 1.11 bits per heavy atom.